The number of piperazine rings is 1. The molecule has 220 valence electrons. The Labute approximate surface area is 243 Å². The number of hydrogen-bond donors (Lipinski definition) is 5. The third kappa shape index (κ3) is 6.12. The number of anilines is 1. The molecule has 1 saturated heterocycles. The molecule has 2 aromatic heterocycles. The Balaban J connectivity index is 0.000000305. The fourth-order valence-electron chi connectivity index (χ4n) is 4.47. The molecule has 0 bridgehead atoms. The Morgan fingerprint density at radius 2 is 1.64 bits per heavy atom. The van der Waals surface area contributed by atoms with Crippen LogP contribution in [-0.4, -0.2) is 97.5 Å². The van der Waals surface area contributed by atoms with Gasteiger partial charge in [-0.1, -0.05) is 18.2 Å². The minimum atomic E-state index is -2.27. The number of rotatable bonds is 6. The summed E-state index contributed by atoms with van der Waals surface area (Å²) in [6.07, 6.45) is -2.92. The van der Waals surface area contributed by atoms with Crippen LogP contribution >= 0.6 is 12.2 Å². The van der Waals surface area contributed by atoms with Gasteiger partial charge in [0, 0.05) is 38.1 Å². The number of benzene rings is 2. The number of nitrogens with one attached hydrogen (secondary N) is 1. The quantitative estimate of drug-likeness (QED) is 0.199. The number of hydrogen-bond acceptors (Lipinski definition) is 11. The van der Waals surface area contributed by atoms with Crippen molar-refractivity contribution in [3.8, 4) is 11.5 Å². The zero-order chi connectivity index (χ0) is 29.8. The van der Waals surface area contributed by atoms with E-state index < -0.39 is 24.1 Å². The van der Waals surface area contributed by atoms with Crippen molar-refractivity contribution in [2.45, 2.75) is 18.8 Å². The number of fused-ring (bicyclic) bond motifs is 4. The van der Waals surface area contributed by atoms with Gasteiger partial charge >= 0.3 is 11.9 Å². The Hall–Kier alpha value is -4.73. The van der Waals surface area contributed by atoms with E-state index in [1.807, 2.05) is 42.5 Å². The summed E-state index contributed by atoms with van der Waals surface area (Å²) in [5, 5.41) is 37.6. The molecule has 0 saturated carbocycles. The molecule has 0 aliphatic carbocycles. The van der Waals surface area contributed by atoms with Crippen molar-refractivity contribution in [3.05, 3.63) is 54.4 Å². The van der Waals surface area contributed by atoms with E-state index in [1.54, 1.807) is 6.33 Å². The Kier molecular flexibility index (Phi) is 8.51. The monoisotopic (exact) mass is 597 g/mol. The molecule has 42 heavy (non-hydrogen) atoms. The molecule has 5 N–H and O–H groups in total. The molecule has 6 rings (SSSR count). The van der Waals surface area contributed by atoms with E-state index in [-0.39, 0.29) is 6.79 Å². The van der Waals surface area contributed by atoms with Crippen LogP contribution in [-0.2, 0) is 16.1 Å². The van der Waals surface area contributed by atoms with Crippen LogP contribution in [0.3, 0.4) is 0 Å². The minimum Gasteiger partial charge on any atom is -0.479 e. The maximum Gasteiger partial charge on any atom is 0.335 e. The minimum absolute atomic E-state index is 0.279. The molecule has 2 aliphatic heterocycles. The second-order valence-corrected chi connectivity index (χ2v) is 9.75. The Morgan fingerprint density at radius 3 is 2.36 bits per heavy atom. The number of thiocarbonyl (C=S) groups is 1. The number of carbonyl (C=O) groups is 2. The molecule has 0 unspecified atom stereocenters. The lowest BCUT2D eigenvalue weighted by molar-refractivity contribution is -0.165. The van der Waals surface area contributed by atoms with Crippen LogP contribution in [0.4, 0.5) is 5.82 Å². The van der Waals surface area contributed by atoms with Crippen molar-refractivity contribution in [1.29, 1.82) is 0 Å². The van der Waals surface area contributed by atoms with Crippen molar-refractivity contribution in [1.82, 2.24) is 20.2 Å². The van der Waals surface area contributed by atoms with Gasteiger partial charge < -0.3 is 49.4 Å². The molecule has 0 amide bonds. The first-order valence-corrected chi connectivity index (χ1v) is 13.2. The third-order valence-electron chi connectivity index (χ3n) is 6.69. The van der Waals surface area contributed by atoms with Crippen molar-refractivity contribution in [3.63, 3.8) is 0 Å². The van der Waals surface area contributed by atoms with E-state index in [0.717, 1.165) is 76.2 Å². The Bertz CT molecular complexity index is 1600. The summed E-state index contributed by atoms with van der Waals surface area (Å²) in [6.45, 7) is 4.13. The highest BCUT2D eigenvalue weighted by molar-refractivity contribution is 7.80. The number of carboxylic acids is 2. The van der Waals surface area contributed by atoms with Gasteiger partial charge in [0.25, 0.3) is 0 Å². The van der Waals surface area contributed by atoms with Gasteiger partial charge in [-0.2, -0.15) is 0 Å². The van der Waals surface area contributed by atoms with Gasteiger partial charge in [-0.3, -0.25) is 0 Å². The summed E-state index contributed by atoms with van der Waals surface area (Å²) in [5.41, 5.74) is 3.53. The van der Waals surface area contributed by atoms with E-state index >= 15 is 0 Å². The number of carboxylic acid groups (broad SMARTS) is 2. The summed E-state index contributed by atoms with van der Waals surface area (Å²) >= 11 is 5.64. The van der Waals surface area contributed by atoms with Gasteiger partial charge in [0.2, 0.25) is 6.79 Å². The van der Waals surface area contributed by atoms with E-state index in [4.69, 9.17) is 46.5 Å². The van der Waals surface area contributed by atoms with Crippen molar-refractivity contribution in [2.24, 2.45) is 0 Å². The number of aliphatic carboxylic acids is 2. The van der Waals surface area contributed by atoms with Gasteiger partial charge in [-0.15, -0.1) is 0 Å². The summed E-state index contributed by atoms with van der Waals surface area (Å²) < 4.78 is 16.9. The van der Waals surface area contributed by atoms with Crippen molar-refractivity contribution >= 4 is 57.2 Å². The van der Waals surface area contributed by atoms with Crippen LogP contribution in [0.1, 0.15) is 5.56 Å². The first-order valence-electron chi connectivity index (χ1n) is 12.8. The van der Waals surface area contributed by atoms with Gasteiger partial charge in [-0.25, -0.2) is 19.6 Å². The van der Waals surface area contributed by atoms with Crippen molar-refractivity contribution in [2.75, 3.05) is 37.9 Å². The summed E-state index contributed by atoms with van der Waals surface area (Å²) in [7, 11) is 0. The number of para-hydroxylation sites is 1. The molecule has 15 heteroatoms. The SMILES string of the molecule is O=C(O)[C@H](O)[C@@H](O)C(=O)O.S=C(NCc1ccc2c(c1)OCO2)N1CCN(c2ncnc3c2oc2ccccc23)CC1. The highest BCUT2D eigenvalue weighted by Crippen LogP contribution is 2.33. The maximum atomic E-state index is 9.77. The molecule has 0 spiro atoms. The Morgan fingerprint density at radius 1 is 0.952 bits per heavy atom. The zero-order valence-electron chi connectivity index (χ0n) is 22.0. The van der Waals surface area contributed by atoms with Crippen LogP contribution in [0.2, 0.25) is 0 Å². The second kappa shape index (κ2) is 12.4. The highest BCUT2D eigenvalue weighted by atomic mass is 32.1. The predicted molar refractivity (Wildman–Crippen MR) is 152 cm³/mol. The fraction of sp³-hybridized carbons (Fsp3) is 0.296. The standard InChI is InChI=1S/C23H21N5O3S.C4H6O6/c32-23(24-12-15-5-6-18-19(11-15)30-14-29-18)28-9-7-27(8-10-28)22-21-20(25-13-26-22)16-3-1-2-4-17(16)31-21;5-1(3(7)8)2(6)4(9)10/h1-6,11,13H,7-10,12,14H2,(H,24,32);1-2,5-6H,(H,7,8)(H,9,10)/t;1-,2-/m.1/s1. The van der Waals surface area contributed by atoms with Crippen LogP contribution < -0.4 is 19.7 Å². The molecule has 1 fully saturated rings. The number of aromatic nitrogens is 2. The smallest absolute Gasteiger partial charge is 0.335 e. The van der Waals surface area contributed by atoms with Crippen LogP contribution in [0.25, 0.3) is 22.1 Å². The average molecular weight is 598 g/mol. The number of aliphatic hydroxyl groups excluding tert-OH is 2. The highest BCUT2D eigenvalue weighted by Gasteiger charge is 2.29. The lowest BCUT2D eigenvalue weighted by Gasteiger charge is -2.36. The second-order valence-electron chi connectivity index (χ2n) is 9.36. The molecule has 0 radical (unpaired) electrons. The van der Waals surface area contributed by atoms with E-state index in [2.05, 4.69) is 25.1 Å². The van der Waals surface area contributed by atoms with E-state index in [1.165, 1.54) is 0 Å². The number of aliphatic hydroxyl groups is 2. The molecule has 2 aliphatic rings. The molecular formula is C27H27N5O9S. The van der Waals surface area contributed by atoms with Crippen LogP contribution in [0.15, 0.2) is 53.2 Å². The normalized spacial score (nSPS) is 15.6. The third-order valence-corrected chi connectivity index (χ3v) is 7.09. The lowest BCUT2D eigenvalue weighted by Crippen LogP contribution is -2.51. The first kappa shape index (κ1) is 28.8. The van der Waals surface area contributed by atoms with Gasteiger partial charge in [-0.05, 0) is 42.0 Å². The average Bonchev–Trinajstić information content (AvgIpc) is 3.63. The topological polar surface area (TPSA) is 191 Å². The van der Waals surface area contributed by atoms with Gasteiger partial charge in [0.15, 0.2) is 40.2 Å². The van der Waals surface area contributed by atoms with E-state index in [9.17, 15) is 9.59 Å². The number of ether oxygens (including phenoxy) is 2. The summed E-state index contributed by atoms with van der Waals surface area (Å²) in [6, 6.07) is 13.9. The lowest BCUT2D eigenvalue weighted by atomic mass is 10.2. The number of nitrogens with zero attached hydrogens (tertiary/aromatic N) is 4. The summed E-state index contributed by atoms with van der Waals surface area (Å²) in [5.74, 6) is -1.13. The first-order chi connectivity index (χ1) is 20.2. The predicted octanol–water partition coefficient (Wildman–Crippen LogP) is 1.18. The zero-order valence-corrected chi connectivity index (χ0v) is 22.9. The molecular weight excluding hydrogens is 570 g/mol. The number of furan rings is 1. The fourth-order valence-corrected chi connectivity index (χ4v) is 4.72. The molecule has 4 aromatic rings. The summed E-state index contributed by atoms with van der Waals surface area (Å²) in [4.78, 5) is 33.0. The van der Waals surface area contributed by atoms with Gasteiger partial charge in [0.05, 0.1) is 0 Å². The van der Waals surface area contributed by atoms with Crippen LogP contribution in [0.5, 0.6) is 11.5 Å². The molecule has 14 nitrogen and oxygen atoms in total. The van der Waals surface area contributed by atoms with E-state index in [0.29, 0.717) is 6.54 Å². The van der Waals surface area contributed by atoms with Gasteiger partial charge in [0.1, 0.15) is 17.4 Å². The molecule has 4 heterocycles. The van der Waals surface area contributed by atoms with Crippen molar-refractivity contribution < 1.29 is 43.9 Å². The van der Waals surface area contributed by atoms with Crippen LogP contribution in [0, 0.1) is 0 Å². The molecule has 2 atom stereocenters. The largest absolute Gasteiger partial charge is 0.479 e. The molecule has 2 aromatic carbocycles. The maximum absolute atomic E-state index is 9.77.